The molecule has 154 valence electrons. The van der Waals surface area contributed by atoms with Gasteiger partial charge in [0, 0.05) is 31.0 Å². The van der Waals surface area contributed by atoms with Gasteiger partial charge in [-0.25, -0.2) is 15.0 Å². The molecule has 3 aromatic heterocycles. The van der Waals surface area contributed by atoms with Crippen molar-refractivity contribution >= 4 is 39.9 Å². The lowest BCUT2D eigenvalue weighted by Gasteiger charge is -2.30. The molecule has 1 saturated heterocycles. The number of nitrogens with zero attached hydrogens (tertiary/aromatic N) is 4. The molecule has 30 heavy (non-hydrogen) atoms. The van der Waals surface area contributed by atoms with E-state index < -0.39 is 5.97 Å². The number of aromatic nitrogens is 3. The lowest BCUT2D eigenvalue weighted by Crippen LogP contribution is -2.38. The highest BCUT2D eigenvalue weighted by Crippen LogP contribution is 2.33. The Labute approximate surface area is 177 Å². The van der Waals surface area contributed by atoms with Crippen molar-refractivity contribution in [2.45, 2.75) is 19.8 Å². The number of carbonyl (C=O) groups is 2. The number of hydrogen-bond donors (Lipinski definition) is 2. The van der Waals surface area contributed by atoms with E-state index in [0.717, 1.165) is 28.7 Å². The van der Waals surface area contributed by atoms with E-state index in [-0.39, 0.29) is 11.7 Å². The molecule has 0 spiro atoms. The lowest BCUT2D eigenvalue weighted by atomic mass is 9.99. The van der Waals surface area contributed by atoms with E-state index in [4.69, 9.17) is 0 Å². The van der Waals surface area contributed by atoms with Crippen molar-refractivity contribution in [2.75, 3.05) is 23.3 Å². The van der Waals surface area contributed by atoms with Gasteiger partial charge in [0.05, 0.1) is 16.5 Å². The maximum absolute atomic E-state index is 11.6. The van der Waals surface area contributed by atoms with Gasteiger partial charge >= 0.3 is 5.97 Å². The van der Waals surface area contributed by atoms with Crippen LogP contribution in [0.5, 0.6) is 0 Å². The minimum atomic E-state index is -0.751. The predicted octanol–water partition coefficient (Wildman–Crippen LogP) is 3.85. The molecule has 0 saturated carbocycles. The lowest BCUT2D eigenvalue weighted by molar-refractivity contribution is -0.141. The van der Waals surface area contributed by atoms with Gasteiger partial charge in [-0.15, -0.1) is 0 Å². The average Bonchev–Trinajstić information content (AvgIpc) is 3.25. The number of piperidine rings is 1. The summed E-state index contributed by atoms with van der Waals surface area (Å²) >= 11 is 1.50. The highest BCUT2D eigenvalue weighted by molar-refractivity contribution is 7.18. The Balaban J connectivity index is 1.51. The summed E-state index contributed by atoms with van der Waals surface area (Å²) in [5.41, 5.74) is 1.34. The van der Waals surface area contributed by atoms with Gasteiger partial charge in [-0.3, -0.25) is 9.59 Å². The van der Waals surface area contributed by atoms with E-state index in [1.807, 2.05) is 23.1 Å². The van der Waals surface area contributed by atoms with Gasteiger partial charge in [-0.1, -0.05) is 17.4 Å². The summed E-state index contributed by atoms with van der Waals surface area (Å²) in [6.45, 7) is 2.81. The molecule has 0 radical (unpaired) electrons. The van der Waals surface area contributed by atoms with Crippen molar-refractivity contribution in [2.24, 2.45) is 5.92 Å². The van der Waals surface area contributed by atoms with Crippen LogP contribution in [0.25, 0.3) is 10.6 Å². The summed E-state index contributed by atoms with van der Waals surface area (Å²) in [4.78, 5) is 39.2. The summed E-state index contributed by atoms with van der Waals surface area (Å²) in [6, 6.07) is 8.98. The molecule has 0 aliphatic carbocycles. The number of ketones is 1. The standard InChI is InChI=1S/C21H21N5O3S/c1-13(27)14-7-8-22-19(10-14)25-18-6-2-5-16(24-18)17-11-23-21(30-17)26-9-3-4-15(12-26)20(28)29/h2,5-8,10-11,15H,3-4,9,12H2,1H3,(H,28,29)(H,22,24,25). The number of nitrogens with one attached hydrogen (secondary N) is 1. The van der Waals surface area contributed by atoms with Crippen LogP contribution in [-0.4, -0.2) is 44.9 Å². The van der Waals surface area contributed by atoms with E-state index in [9.17, 15) is 14.7 Å². The molecule has 4 heterocycles. The predicted molar refractivity (Wildman–Crippen MR) is 115 cm³/mol. The van der Waals surface area contributed by atoms with Crippen molar-refractivity contribution in [3.63, 3.8) is 0 Å². The molecule has 9 heteroatoms. The summed E-state index contributed by atoms with van der Waals surface area (Å²) < 4.78 is 0. The van der Waals surface area contributed by atoms with Crippen molar-refractivity contribution in [3.05, 3.63) is 48.3 Å². The Kier molecular flexibility index (Phi) is 5.71. The Morgan fingerprint density at radius 3 is 2.90 bits per heavy atom. The fourth-order valence-corrected chi connectivity index (χ4v) is 4.29. The fraction of sp³-hybridized carbons (Fsp3) is 0.286. The molecular formula is C21H21N5O3S. The first-order chi connectivity index (χ1) is 14.5. The van der Waals surface area contributed by atoms with E-state index in [1.54, 1.807) is 24.5 Å². The molecule has 1 unspecified atom stereocenters. The monoisotopic (exact) mass is 423 g/mol. The maximum Gasteiger partial charge on any atom is 0.308 e. The van der Waals surface area contributed by atoms with Crippen LogP contribution < -0.4 is 10.2 Å². The first kappa shape index (κ1) is 20.0. The number of pyridine rings is 2. The van der Waals surface area contributed by atoms with Crippen LogP contribution in [0.4, 0.5) is 16.8 Å². The zero-order valence-corrected chi connectivity index (χ0v) is 17.2. The van der Waals surface area contributed by atoms with Gasteiger partial charge in [-0.05, 0) is 44.0 Å². The summed E-state index contributed by atoms with van der Waals surface area (Å²) in [7, 11) is 0. The number of carbonyl (C=O) groups excluding carboxylic acids is 1. The fourth-order valence-electron chi connectivity index (χ4n) is 3.37. The molecule has 0 aromatic carbocycles. The molecule has 1 atom stereocenters. The molecule has 8 nitrogen and oxygen atoms in total. The number of carboxylic acids is 1. The Morgan fingerprint density at radius 1 is 1.23 bits per heavy atom. The van der Waals surface area contributed by atoms with Gasteiger partial charge in [0.1, 0.15) is 11.6 Å². The van der Waals surface area contributed by atoms with Gasteiger partial charge in [0.25, 0.3) is 0 Å². The van der Waals surface area contributed by atoms with Crippen molar-refractivity contribution in [1.82, 2.24) is 15.0 Å². The second kappa shape index (κ2) is 8.58. The molecule has 0 bridgehead atoms. The summed E-state index contributed by atoms with van der Waals surface area (Å²) in [5.74, 6) is 0.0292. The van der Waals surface area contributed by atoms with Gasteiger partial charge in [0.15, 0.2) is 10.9 Å². The molecule has 1 fully saturated rings. The second-order valence-electron chi connectivity index (χ2n) is 7.15. The van der Waals surface area contributed by atoms with Gasteiger partial charge in [-0.2, -0.15) is 0 Å². The largest absolute Gasteiger partial charge is 0.481 e. The summed E-state index contributed by atoms with van der Waals surface area (Å²) in [5, 5.41) is 13.2. The highest BCUT2D eigenvalue weighted by atomic mass is 32.1. The van der Waals surface area contributed by atoms with Crippen LogP contribution in [0.3, 0.4) is 0 Å². The van der Waals surface area contributed by atoms with E-state index >= 15 is 0 Å². The third-order valence-electron chi connectivity index (χ3n) is 4.96. The number of Topliss-reactive ketones (excluding diaryl/α,β-unsaturated/α-hetero) is 1. The number of anilines is 3. The second-order valence-corrected chi connectivity index (χ2v) is 8.16. The van der Waals surface area contributed by atoms with E-state index in [2.05, 4.69) is 20.3 Å². The number of hydrogen-bond acceptors (Lipinski definition) is 8. The maximum atomic E-state index is 11.6. The topological polar surface area (TPSA) is 108 Å². The Hall–Kier alpha value is -3.33. The molecule has 2 N–H and O–H groups in total. The molecule has 0 amide bonds. The Bertz CT molecular complexity index is 1080. The number of thiazole rings is 1. The third kappa shape index (κ3) is 4.46. The van der Waals surface area contributed by atoms with Crippen LogP contribution in [0, 0.1) is 5.92 Å². The molecule has 1 aliphatic rings. The molecule has 4 rings (SSSR count). The van der Waals surface area contributed by atoms with Crippen molar-refractivity contribution < 1.29 is 14.7 Å². The van der Waals surface area contributed by atoms with Crippen LogP contribution in [0.2, 0.25) is 0 Å². The van der Waals surface area contributed by atoms with Crippen LogP contribution in [0.1, 0.15) is 30.1 Å². The zero-order chi connectivity index (χ0) is 21.1. The van der Waals surface area contributed by atoms with E-state index in [0.29, 0.717) is 30.2 Å². The first-order valence-electron chi connectivity index (χ1n) is 9.64. The highest BCUT2D eigenvalue weighted by Gasteiger charge is 2.27. The first-order valence-corrected chi connectivity index (χ1v) is 10.5. The minimum absolute atomic E-state index is 0.0257. The summed E-state index contributed by atoms with van der Waals surface area (Å²) in [6.07, 6.45) is 4.90. The zero-order valence-electron chi connectivity index (χ0n) is 16.4. The molecule has 3 aromatic rings. The van der Waals surface area contributed by atoms with Crippen LogP contribution >= 0.6 is 11.3 Å². The van der Waals surface area contributed by atoms with Gasteiger partial charge in [0.2, 0.25) is 0 Å². The minimum Gasteiger partial charge on any atom is -0.481 e. The molecule has 1 aliphatic heterocycles. The SMILES string of the molecule is CC(=O)c1ccnc(Nc2cccc(-c3cnc(N4CCCC(C(=O)O)C4)s3)n2)c1. The number of aliphatic carboxylic acids is 1. The van der Waals surface area contributed by atoms with Crippen LogP contribution in [-0.2, 0) is 4.79 Å². The normalized spacial score (nSPS) is 16.3. The Morgan fingerprint density at radius 2 is 2.10 bits per heavy atom. The van der Waals surface area contributed by atoms with Gasteiger partial charge < -0.3 is 15.3 Å². The average molecular weight is 423 g/mol. The van der Waals surface area contributed by atoms with E-state index in [1.165, 1.54) is 18.3 Å². The number of carboxylic acid groups (broad SMARTS) is 1. The smallest absolute Gasteiger partial charge is 0.308 e. The quantitative estimate of drug-likeness (QED) is 0.576. The number of rotatable bonds is 6. The van der Waals surface area contributed by atoms with Crippen LogP contribution in [0.15, 0.2) is 42.7 Å². The third-order valence-corrected chi connectivity index (χ3v) is 6.04. The molecular weight excluding hydrogens is 402 g/mol. The van der Waals surface area contributed by atoms with Crippen molar-refractivity contribution in [1.29, 1.82) is 0 Å². The van der Waals surface area contributed by atoms with Crippen molar-refractivity contribution in [3.8, 4) is 10.6 Å².